The van der Waals surface area contributed by atoms with E-state index in [9.17, 15) is 20.1 Å². The topological polar surface area (TPSA) is 98.0 Å². The number of allylic oxidation sites excluding steroid dienone is 3. The van der Waals surface area contributed by atoms with E-state index in [4.69, 9.17) is 5.11 Å². The van der Waals surface area contributed by atoms with Crippen LogP contribution in [0.3, 0.4) is 0 Å². The first kappa shape index (κ1) is 18.2. The number of hydrogen-bond acceptors (Lipinski definition) is 4. The highest BCUT2D eigenvalue weighted by Gasteiger charge is 2.33. The van der Waals surface area contributed by atoms with Crippen LogP contribution in [0.4, 0.5) is 0 Å². The zero-order valence-corrected chi connectivity index (χ0v) is 13.6. The van der Waals surface area contributed by atoms with Crippen molar-refractivity contribution in [3.05, 3.63) is 23.8 Å². The normalized spacial score (nSPS) is 32.8. The second kappa shape index (κ2) is 8.08. The van der Waals surface area contributed by atoms with E-state index in [1.54, 1.807) is 0 Å². The van der Waals surface area contributed by atoms with Gasteiger partial charge in [-0.25, -0.2) is 0 Å². The first-order chi connectivity index (χ1) is 10.9. The SMILES string of the molecule is C[C@H]1C=CC2=C[C@@H](O)CCC2[C@H]1CC[C@@H](O)C[C@@H](O)CC(=O)O. The van der Waals surface area contributed by atoms with E-state index in [2.05, 4.69) is 19.1 Å². The summed E-state index contributed by atoms with van der Waals surface area (Å²) in [6, 6.07) is 0. The Morgan fingerprint density at radius 1 is 1.30 bits per heavy atom. The average Bonchev–Trinajstić information content (AvgIpc) is 2.45. The van der Waals surface area contributed by atoms with Crippen molar-refractivity contribution in [1.82, 2.24) is 0 Å². The smallest absolute Gasteiger partial charge is 0.305 e. The van der Waals surface area contributed by atoms with Crippen molar-refractivity contribution < 1.29 is 25.2 Å². The fourth-order valence-electron chi connectivity index (χ4n) is 3.92. The van der Waals surface area contributed by atoms with Gasteiger partial charge in [0.2, 0.25) is 0 Å². The quantitative estimate of drug-likeness (QED) is 0.573. The molecule has 2 aliphatic carbocycles. The molecular formula is C18H28O5. The summed E-state index contributed by atoms with van der Waals surface area (Å²) in [5.74, 6) is 0.217. The average molecular weight is 324 g/mol. The molecule has 0 radical (unpaired) electrons. The molecule has 5 heteroatoms. The molecule has 4 N–H and O–H groups in total. The van der Waals surface area contributed by atoms with Crippen molar-refractivity contribution in [3.63, 3.8) is 0 Å². The lowest BCUT2D eigenvalue weighted by Gasteiger charge is -2.38. The van der Waals surface area contributed by atoms with Crippen molar-refractivity contribution in [2.45, 2.75) is 63.8 Å². The lowest BCUT2D eigenvalue weighted by atomic mass is 9.67. The van der Waals surface area contributed by atoms with Crippen molar-refractivity contribution >= 4 is 5.97 Å². The minimum Gasteiger partial charge on any atom is -0.481 e. The van der Waals surface area contributed by atoms with Gasteiger partial charge in [-0.1, -0.05) is 25.2 Å². The predicted molar refractivity (Wildman–Crippen MR) is 86.7 cm³/mol. The summed E-state index contributed by atoms with van der Waals surface area (Å²) in [7, 11) is 0. The predicted octanol–water partition coefficient (Wildman–Crippen LogP) is 1.87. The Balaban J connectivity index is 1.88. The summed E-state index contributed by atoms with van der Waals surface area (Å²) in [4.78, 5) is 10.5. The monoisotopic (exact) mass is 324 g/mol. The molecule has 0 aromatic rings. The van der Waals surface area contributed by atoms with Crippen LogP contribution in [0.5, 0.6) is 0 Å². The number of rotatable bonds is 7. The molecule has 1 unspecified atom stereocenters. The van der Waals surface area contributed by atoms with Gasteiger partial charge >= 0.3 is 5.97 Å². The second-order valence-electron chi connectivity index (χ2n) is 7.02. The van der Waals surface area contributed by atoms with Gasteiger partial charge in [-0.05, 0) is 55.4 Å². The van der Waals surface area contributed by atoms with Crippen LogP contribution < -0.4 is 0 Å². The van der Waals surface area contributed by atoms with Crippen LogP contribution in [0.2, 0.25) is 0 Å². The van der Waals surface area contributed by atoms with Gasteiger partial charge in [-0.2, -0.15) is 0 Å². The molecule has 5 nitrogen and oxygen atoms in total. The fourth-order valence-corrected chi connectivity index (χ4v) is 3.92. The molecule has 0 bridgehead atoms. The summed E-state index contributed by atoms with van der Waals surface area (Å²) < 4.78 is 0. The minimum absolute atomic E-state index is 0.106. The number of aliphatic hydroxyl groups is 3. The van der Waals surface area contributed by atoms with Gasteiger partial charge in [0, 0.05) is 0 Å². The molecule has 2 rings (SSSR count). The zero-order chi connectivity index (χ0) is 17.0. The Bertz CT molecular complexity index is 470. The van der Waals surface area contributed by atoms with Gasteiger partial charge in [-0.15, -0.1) is 0 Å². The molecular weight excluding hydrogens is 296 g/mol. The van der Waals surface area contributed by atoms with Crippen LogP contribution in [-0.4, -0.2) is 44.7 Å². The largest absolute Gasteiger partial charge is 0.481 e. The summed E-state index contributed by atoms with van der Waals surface area (Å²) in [5, 5.41) is 38.1. The van der Waals surface area contributed by atoms with E-state index >= 15 is 0 Å². The van der Waals surface area contributed by atoms with Crippen LogP contribution in [0.1, 0.15) is 45.4 Å². The van der Waals surface area contributed by atoms with Gasteiger partial charge in [0.15, 0.2) is 0 Å². The summed E-state index contributed by atoms with van der Waals surface area (Å²) in [6.07, 6.45) is 7.12. The molecule has 0 saturated heterocycles. The minimum atomic E-state index is -1.05. The highest BCUT2D eigenvalue weighted by Crippen LogP contribution is 2.42. The number of aliphatic carboxylic acids is 1. The van der Waals surface area contributed by atoms with E-state index in [-0.39, 0.29) is 18.9 Å². The highest BCUT2D eigenvalue weighted by atomic mass is 16.4. The molecule has 0 spiro atoms. The van der Waals surface area contributed by atoms with Gasteiger partial charge in [0.25, 0.3) is 0 Å². The number of aliphatic hydroxyl groups excluding tert-OH is 3. The van der Waals surface area contributed by atoms with Gasteiger partial charge < -0.3 is 20.4 Å². The van der Waals surface area contributed by atoms with Crippen LogP contribution in [0.25, 0.3) is 0 Å². The molecule has 0 aromatic heterocycles. The Morgan fingerprint density at radius 3 is 2.74 bits per heavy atom. The van der Waals surface area contributed by atoms with E-state index in [1.807, 2.05) is 6.08 Å². The number of fused-ring (bicyclic) bond motifs is 1. The molecule has 23 heavy (non-hydrogen) atoms. The van der Waals surface area contributed by atoms with Crippen molar-refractivity contribution in [3.8, 4) is 0 Å². The second-order valence-corrected chi connectivity index (χ2v) is 7.02. The van der Waals surface area contributed by atoms with Crippen LogP contribution in [0, 0.1) is 17.8 Å². The molecule has 0 aromatic carbocycles. The molecule has 0 amide bonds. The summed E-state index contributed by atoms with van der Waals surface area (Å²) >= 11 is 0. The maximum absolute atomic E-state index is 10.5. The van der Waals surface area contributed by atoms with Crippen molar-refractivity contribution in [1.29, 1.82) is 0 Å². The maximum Gasteiger partial charge on any atom is 0.305 e. The first-order valence-electron chi connectivity index (χ1n) is 8.52. The maximum atomic E-state index is 10.5. The molecule has 0 fully saturated rings. The number of carboxylic acids is 1. The van der Waals surface area contributed by atoms with Crippen LogP contribution in [0.15, 0.2) is 23.8 Å². The van der Waals surface area contributed by atoms with E-state index < -0.39 is 18.2 Å². The van der Waals surface area contributed by atoms with Crippen molar-refractivity contribution in [2.75, 3.05) is 0 Å². The molecule has 2 aliphatic rings. The molecule has 130 valence electrons. The third-order valence-electron chi connectivity index (χ3n) is 5.16. The molecule has 0 saturated carbocycles. The zero-order valence-electron chi connectivity index (χ0n) is 13.6. The third-order valence-corrected chi connectivity index (χ3v) is 5.16. The number of hydrogen-bond donors (Lipinski definition) is 4. The van der Waals surface area contributed by atoms with Gasteiger partial charge in [-0.3, -0.25) is 4.79 Å². The van der Waals surface area contributed by atoms with E-state index in [0.29, 0.717) is 24.2 Å². The number of carbonyl (C=O) groups is 1. The van der Waals surface area contributed by atoms with E-state index in [0.717, 1.165) is 19.3 Å². The Kier molecular flexibility index (Phi) is 6.39. The summed E-state index contributed by atoms with van der Waals surface area (Å²) in [6.45, 7) is 2.18. The van der Waals surface area contributed by atoms with Crippen molar-refractivity contribution in [2.24, 2.45) is 17.8 Å². The third kappa shape index (κ3) is 5.16. The van der Waals surface area contributed by atoms with Gasteiger partial charge in [0.1, 0.15) is 0 Å². The standard InChI is InChI=1S/C18H28O5/c1-11-2-3-12-8-13(19)5-7-17(12)16(11)6-4-14(20)9-15(21)10-18(22)23/h2-3,8,11,13-17,19-21H,4-7,9-10H2,1H3,(H,22,23)/t11-,13-,14+,15+,16-,17?/m0/s1. The van der Waals surface area contributed by atoms with Gasteiger partial charge in [0.05, 0.1) is 24.7 Å². The Hall–Kier alpha value is -1.17. The number of carboxylic acid groups (broad SMARTS) is 1. The van der Waals surface area contributed by atoms with Crippen LogP contribution >= 0.6 is 0 Å². The Labute approximate surface area is 137 Å². The molecule has 6 atom stereocenters. The highest BCUT2D eigenvalue weighted by molar-refractivity contribution is 5.67. The lowest BCUT2D eigenvalue weighted by Crippen LogP contribution is -2.31. The molecule has 0 heterocycles. The molecule has 0 aliphatic heterocycles. The van der Waals surface area contributed by atoms with Crippen LogP contribution in [-0.2, 0) is 4.79 Å². The lowest BCUT2D eigenvalue weighted by molar-refractivity contribution is -0.139. The first-order valence-corrected chi connectivity index (χ1v) is 8.52. The summed E-state index contributed by atoms with van der Waals surface area (Å²) in [5.41, 5.74) is 1.20. The van der Waals surface area contributed by atoms with E-state index in [1.165, 1.54) is 5.57 Å². The Morgan fingerprint density at radius 2 is 2.04 bits per heavy atom. The fraction of sp³-hybridized carbons (Fsp3) is 0.722.